The van der Waals surface area contributed by atoms with Crippen molar-refractivity contribution in [3.8, 4) is 5.75 Å². The Bertz CT molecular complexity index is 1180. The van der Waals surface area contributed by atoms with Gasteiger partial charge in [-0.25, -0.2) is 9.59 Å². The summed E-state index contributed by atoms with van der Waals surface area (Å²) >= 11 is 6.22. The van der Waals surface area contributed by atoms with Crippen LogP contribution in [0.4, 0.5) is 10.5 Å². The van der Waals surface area contributed by atoms with Crippen LogP contribution in [0.1, 0.15) is 42.6 Å². The summed E-state index contributed by atoms with van der Waals surface area (Å²) in [5.41, 5.74) is -1.02. The van der Waals surface area contributed by atoms with Gasteiger partial charge in [0.05, 0.1) is 23.6 Å². The minimum atomic E-state index is -0.732. The van der Waals surface area contributed by atoms with Crippen molar-refractivity contribution >= 4 is 41.3 Å². The van der Waals surface area contributed by atoms with Crippen LogP contribution in [0.15, 0.2) is 34.4 Å². The van der Waals surface area contributed by atoms with Gasteiger partial charge >= 0.3 is 17.7 Å². The first-order valence-corrected chi connectivity index (χ1v) is 9.96. The van der Waals surface area contributed by atoms with Crippen LogP contribution < -0.4 is 10.1 Å². The Labute approximate surface area is 193 Å². The highest BCUT2D eigenvalue weighted by atomic mass is 35.5. The van der Waals surface area contributed by atoms with Gasteiger partial charge in [0.1, 0.15) is 17.1 Å². The number of rotatable bonds is 6. The first kappa shape index (κ1) is 23.8. The van der Waals surface area contributed by atoms with Crippen molar-refractivity contribution in [1.29, 1.82) is 0 Å². The lowest BCUT2D eigenvalue weighted by molar-refractivity contribution is -0.386. The van der Waals surface area contributed by atoms with Crippen LogP contribution in [0.2, 0.25) is 5.02 Å². The average molecular weight is 478 g/mol. The highest BCUT2D eigenvalue weighted by Gasteiger charge is 2.35. The molecule has 1 saturated heterocycles. The molecule has 1 aromatic heterocycles. The SMILES string of the molecule is COC(=O)c1ccc(CN2C(=O)N/C(=C\c3cc(Cl)c(OC(C)(C)C)c([N+](=O)[O-])c3)C2=O)o1. The van der Waals surface area contributed by atoms with E-state index in [2.05, 4.69) is 10.1 Å². The van der Waals surface area contributed by atoms with Crippen molar-refractivity contribution in [2.24, 2.45) is 0 Å². The van der Waals surface area contributed by atoms with Gasteiger partial charge in [0.25, 0.3) is 5.91 Å². The summed E-state index contributed by atoms with van der Waals surface area (Å²) in [7, 11) is 1.19. The molecule has 11 nitrogen and oxygen atoms in total. The van der Waals surface area contributed by atoms with E-state index in [1.807, 2.05) is 0 Å². The lowest BCUT2D eigenvalue weighted by Crippen LogP contribution is -2.30. The number of nitrogens with zero attached hydrogens (tertiary/aromatic N) is 2. The van der Waals surface area contributed by atoms with E-state index in [0.717, 1.165) is 4.90 Å². The first-order valence-electron chi connectivity index (χ1n) is 9.58. The molecule has 0 saturated carbocycles. The number of furan rings is 1. The van der Waals surface area contributed by atoms with E-state index in [1.165, 1.54) is 37.5 Å². The molecule has 1 fully saturated rings. The van der Waals surface area contributed by atoms with Crippen LogP contribution in [0.25, 0.3) is 6.08 Å². The number of hydrogen-bond acceptors (Lipinski definition) is 8. The summed E-state index contributed by atoms with van der Waals surface area (Å²) in [6.07, 6.45) is 1.27. The largest absolute Gasteiger partial charge is 0.480 e. The summed E-state index contributed by atoms with van der Waals surface area (Å²) in [5.74, 6) is -1.38. The maximum Gasteiger partial charge on any atom is 0.373 e. The fourth-order valence-corrected chi connectivity index (χ4v) is 3.20. The zero-order valence-electron chi connectivity index (χ0n) is 18.1. The van der Waals surface area contributed by atoms with Crippen LogP contribution >= 0.6 is 11.6 Å². The number of methoxy groups -OCH3 is 1. The molecule has 3 rings (SSSR count). The number of esters is 1. The summed E-state index contributed by atoms with van der Waals surface area (Å²) in [6, 6.07) is 4.65. The van der Waals surface area contributed by atoms with Crippen molar-refractivity contribution in [3.05, 3.63) is 62.2 Å². The molecule has 0 bridgehead atoms. The van der Waals surface area contributed by atoms with Crippen molar-refractivity contribution in [3.63, 3.8) is 0 Å². The second kappa shape index (κ2) is 8.94. The molecule has 0 atom stereocenters. The lowest BCUT2D eigenvalue weighted by atomic mass is 10.1. The minimum absolute atomic E-state index is 0.0227. The molecule has 3 amide bonds. The van der Waals surface area contributed by atoms with Crippen molar-refractivity contribution in [2.75, 3.05) is 7.11 Å². The maximum atomic E-state index is 12.7. The zero-order chi connectivity index (χ0) is 24.5. The Balaban J connectivity index is 1.87. The lowest BCUT2D eigenvalue weighted by Gasteiger charge is -2.22. The number of carbonyl (C=O) groups is 3. The van der Waals surface area contributed by atoms with E-state index in [9.17, 15) is 24.5 Å². The number of nitrogens with one attached hydrogen (secondary N) is 1. The number of nitro benzene ring substituents is 1. The van der Waals surface area contributed by atoms with Crippen LogP contribution in [0.3, 0.4) is 0 Å². The molecule has 174 valence electrons. The van der Waals surface area contributed by atoms with Gasteiger partial charge in [0.2, 0.25) is 11.5 Å². The second-order valence-corrected chi connectivity index (χ2v) is 8.37. The Kier molecular flexibility index (Phi) is 6.45. The van der Waals surface area contributed by atoms with E-state index in [-0.39, 0.29) is 45.8 Å². The molecule has 1 N–H and O–H groups in total. The topological polar surface area (TPSA) is 141 Å². The van der Waals surface area contributed by atoms with E-state index >= 15 is 0 Å². The molecular weight excluding hydrogens is 458 g/mol. The van der Waals surface area contributed by atoms with Crippen molar-refractivity contribution < 1.29 is 33.2 Å². The number of halogens is 1. The Morgan fingerprint density at radius 1 is 1.30 bits per heavy atom. The molecule has 0 spiro atoms. The quantitative estimate of drug-likeness (QED) is 0.217. The van der Waals surface area contributed by atoms with Gasteiger partial charge in [0.15, 0.2) is 0 Å². The molecule has 1 aliphatic rings. The van der Waals surface area contributed by atoms with Crippen molar-refractivity contribution in [2.45, 2.75) is 32.9 Å². The van der Waals surface area contributed by atoms with Gasteiger partial charge < -0.3 is 19.2 Å². The Morgan fingerprint density at radius 3 is 2.61 bits per heavy atom. The van der Waals surface area contributed by atoms with E-state index in [0.29, 0.717) is 0 Å². The first-order chi connectivity index (χ1) is 15.4. The fraction of sp³-hybridized carbons (Fsp3) is 0.286. The molecule has 1 aliphatic heterocycles. The van der Waals surface area contributed by atoms with Gasteiger partial charge in [-0.2, -0.15) is 0 Å². The monoisotopic (exact) mass is 477 g/mol. The Hall–Kier alpha value is -3.86. The molecule has 2 heterocycles. The van der Waals surface area contributed by atoms with Gasteiger partial charge in [-0.05, 0) is 50.6 Å². The van der Waals surface area contributed by atoms with Gasteiger partial charge in [0, 0.05) is 6.07 Å². The molecule has 2 aromatic rings. The highest BCUT2D eigenvalue weighted by Crippen LogP contribution is 2.39. The average Bonchev–Trinajstić information content (AvgIpc) is 3.29. The van der Waals surface area contributed by atoms with Gasteiger partial charge in [-0.1, -0.05) is 11.6 Å². The number of urea groups is 1. The van der Waals surface area contributed by atoms with Crippen LogP contribution in [-0.2, 0) is 16.1 Å². The zero-order valence-corrected chi connectivity index (χ0v) is 18.9. The number of carbonyl (C=O) groups excluding carboxylic acids is 3. The molecule has 0 aliphatic carbocycles. The van der Waals surface area contributed by atoms with Crippen LogP contribution in [-0.4, -0.2) is 40.4 Å². The molecule has 12 heteroatoms. The molecule has 0 radical (unpaired) electrons. The number of imide groups is 1. The third-order valence-corrected chi connectivity index (χ3v) is 4.57. The summed E-state index contributed by atoms with van der Waals surface area (Å²) in [4.78, 5) is 48.3. The predicted octanol–water partition coefficient (Wildman–Crippen LogP) is 3.90. The van der Waals surface area contributed by atoms with E-state index < -0.39 is 28.4 Å². The number of amides is 3. The third-order valence-electron chi connectivity index (χ3n) is 4.29. The second-order valence-electron chi connectivity index (χ2n) is 7.96. The number of hydrogen-bond donors (Lipinski definition) is 1. The van der Waals surface area contributed by atoms with Gasteiger partial charge in [-0.3, -0.25) is 19.8 Å². The molecule has 33 heavy (non-hydrogen) atoms. The molecular formula is C21H20ClN3O8. The van der Waals surface area contributed by atoms with E-state index in [4.69, 9.17) is 20.8 Å². The number of nitro groups is 1. The summed E-state index contributed by atoms with van der Waals surface area (Å²) in [5, 5.41) is 13.9. The predicted molar refractivity (Wildman–Crippen MR) is 116 cm³/mol. The Morgan fingerprint density at radius 2 is 2.00 bits per heavy atom. The van der Waals surface area contributed by atoms with Crippen LogP contribution in [0, 0.1) is 10.1 Å². The van der Waals surface area contributed by atoms with Gasteiger partial charge in [-0.15, -0.1) is 0 Å². The smallest absolute Gasteiger partial charge is 0.373 e. The maximum absolute atomic E-state index is 12.7. The molecule has 1 aromatic carbocycles. The van der Waals surface area contributed by atoms with Crippen LogP contribution in [0.5, 0.6) is 5.75 Å². The third kappa shape index (κ3) is 5.32. The van der Waals surface area contributed by atoms with E-state index in [1.54, 1.807) is 20.8 Å². The standard InChI is InChI=1S/C21H20ClN3O8/c1-21(2,3)33-17-13(22)7-11(9-15(17)25(29)30)8-14-18(26)24(20(28)23-14)10-12-5-6-16(32-12)19(27)31-4/h5-9H,10H2,1-4H3,(H,23,28)/b14-8-. The summed E-state index contributed by atoms with van der Waals surface area (Å²) in [6.45, 7) is 4.92. The normalized spacial score (nSPS) is 15.1. The van der Waals surface area contributed by atoms with Crippen molar-refractivity contribution in [1.82, 2.24) is 10.2 Å². The fourth-order valence-electron chi connectivity index (χ4n) is 2.94. The number of ether oxygens (including phenoxy) is 2. The number of benzene rings is 1. The highest BCUT2D eigenvalue weighted by molar-refractivity contribution is 6.32. The molecule has 0 unspecified atom stereocenters. The summed E-state index contributed by atoms with van der Waals surface area (Å²) < 4.78 is 15.4. The minimum Gasteiger partial charge on any atom is -0.480 e.